The van der Waals surface area contributed by atoms with Crippen LogP contribution in [0.1, 0.15) is 33.1 Å². The molecule has 1 amide bonds. The molecular weight excluding hydrogens is 296 g/mol. The van der Waals surface area contributed by atoms with Gasteiger partial charge in [-0.2, -0.15) is 0 Å². The number of likely N-dealkylation sites (tertiary alicyclic amines) is 1. The van der Waals surface area contributed by atoms with Gasteiger partial charge in [-0.15, -0.1) is 0 Å². The summed E-state index contributed by atoms with van der Waals surface area (Å²) in [6.45, 7) is 10.9. The number of amidine groups is 1. The van der Waals surface area contributed by atoms with E-state index in [-0.39, 0.29) is 0 Å². The second kappa shape index (κ2) is 7.21. The molecule has 2 saturated heterocycles. The molecule has 3 rings (SSSR count). The lowest BCUT2D eigenvalue weighted by atomic mass is 10.0. The van der Waals surface area contributed by atoms with Gasteiger partial charge in [0.1, 0.15) is 0 Å². The molecule has 0 N–H and O–H groups in total. The maximum absolute atomic E-state index is 12.5. The average Bonchev–Trinajstić information content (AvgIpc) is 2.95. The van der Waals surface area contributed by atoms with Gasteiger partial charge in [0, 0.05) is 44.0 Å². The minimum atomic E-state index is 0.321. The fourth-order valence-electron chi connectivity index (χ4n) is 3.48. The number of carbonyl (C=O) groups excluding carboxylic acids is 1. The molecule has 3 aliphatic rings. The second-order valence-corrected chi connectivity index (χ2v) is 8.15. The Kier molecular flexibility index (Phi) is 5.29. The lowest BCUT2D eigenvalue weighted by Gasteiger charge is -2.38. The molecule has 0 aromatic carbocycles. The van der Waals surface area contributed by atoms with E-state index in [9.17, 15) is 4.79 Å². The Bertz CT molecular complexity index is 434. The topological polar surface area (TPSA) is 39.1 Å². The van der Waals surface area contributed by atoms with Gasteiger partial charge in [0.2, 0.25) is 5.91 Å². The molecule has 3 heterocycles. The molecule has 0 spiro atoms. The van der Waals surface area contributed by atoms with E-state index in [1.54, 1.807) is 0 Å². The van der Waals surface area contributed by atoms with E-state index < -0.39 is 0 Å². The summed E-state index contributed by atoms with van der Waals surface area (Å²) in [6.07, 6.45) is 3.59. The van der Waals surface area contributed by atoms with Crippen molar-refractivity contribution >= 4 is 22.8 Å². The smallest absolute Gasteiger partial charge is 0.236 e. The summed E-state index contributed by atoms with van der Waals surface area (Å²) in [7, 11) is 0. The van der Waals surface area contributed by atoms with E-state index in [2.05, 4.69) is 33.5 Å². The van der Waals surface area contributed by atoms with Crippen molar-refractivity contribution in [2.24, 2.45) is 4.99 Å². The normalized spacial score (nSPS) is 30.5. The first-order valence-electron chi connectivity index (χ1n) is 8.61. The lowest BCUT2D eigenvalue weighted by molar-refractivity contribution is -0.136. The van der Waals surface area contributed by atoms with E-state index in [0.29, 0.717) is 23.7 Å². The molecule has 22 heavy (non-hydrogen) atoms. The van der Waals surface area contributed by atoms with E-state index in [1.807, 2.05) is 11.8 Å². The number of aliphatic imine (C=N–C) groups is 1. The van der Waals surface area contributed by atoms with Gasteiger partial charge in [-0.25, -0.2) is 0 Å². The van der Waals surface area contributed by atoms with Gasteiger partial charge in [-0.1, -0.05) is 18.7 Å². The fraction of sp³-hybridized carbons (Fsp3) is 0.875. The maximum Gasteiger partial charge on any atom is 0.236 e. The highest BCUT2D eigenvalue weighted by atomic mass is 32.2. The average molecular weight is 324 g/mol. The van der Waals surface area contributed by atoms with E-state index >= 15 is 0 Å². The van der Waals surface area contributed by atoms with Crippen LogP contribution in [0, 0.1) is 0 Å². The van der Waals surface area contributed by atoms with Crippen LogP contribution >= 0.6 is 11.8 Å². The van der Waals surface area contributed by atoms with Crippen LogP contribution in [0.3, 0.4) is 0 Å². The molecule has 124 valence electrons. The van der Waals surface area contributed by atoms with Crippen LogP contribution in [0.4, 0.5) is 0 Å². The predicted molar refractivity (Wildman–Crippen MR) is 92.4 cm³/mol. The first-order valence-corrected chi connectivity index (χ1v) is 9.49. The van der Waals surface area contributed by atoms with Gasteiger partial charge >= 0.3 is 0 Å². The summed E-state index contributed by atoms with van der Waals surface area (Å²) >= 11 is 1.89. The number of rotatable bonds is 2. The monoisotopic (exact) mass is 324 g/mol. The Morgan fingerprint density at radius 3 is 2.59 bits per heavy atom. The number of hydrogen-bond acceptors (Lipinski definition) is 5. The van der Waals surface area contributed by atoms with E-state index in [1.165, 1.54) is 18.0 Å². The summed E-state index contributed by atoms with van der Waals surface area (Å²) in [4.78, 5) is 23.9. The fourth-order valence-corrected chi connectivity index (χ4v) is 4.47. The SMILES string of the molecule is C[C@@H]1CN=C(N2CCN(CC(=O)N3CCCC[C@H]3C)CC2)S1. The molecule has 6 heteroatoms. The summed E-state index contributed by atoms with van der Waals surface area (Å²) in [5.41, 5.74) is 0. The highest BCUT2D eigenvalue weighted by molar-refractivity contribution is 8.14. The van der Waals surface area contributed by atoms with Crippen LogP contribution in [-0.2, 0) is 4.79 Å². The van der Waals surface area contributed by atoms with E-state index in [4.69, 9.17) is 0 Å². The molecule has 3 aliphatic heterocycles. The Hall–Kier alpha value is -0.750. The summed E-state index contributed by atoms with van der Waals surface area (Å²) < 4.78 is 0. The molecule has 2 atom stereocenters. The van der Waals surface area contributed by atoms with Crippen LogP contribution in [-0.4, -0.2) is 82.9 Å². The maximum atomic E-state index is 12.5. The number of amides is 1. The van der Waals surface area contributed by atoms with Crippen molar-refractivity contribution in [3.05, 3.63) is 0 Å². The highest BCUT2D eigenvalue weighted by Gasteiger charge is 2.28. The Morgan fingerprint density at radius 2 is 1.95 bits per heavy atom. The zero-order valence-electron chi connectivity index (χ0n) is 13.8. The third kappa shape index (κ3) is 3.77. The number of thioether (sulfide) groups is 1. The van der Waals surface area contributed by atoms with Gasteiger partial charge in [0.05, 0.1) is 13.1 Å². The third-order valence-electron chi connectivity index (χ3n) is 4.92. The van der Waals surface area contributed by atoms with E-state index in [0.717, 1.165) is 45.7 Å². The number of hydrogen-bond donors (Lipinski definition) is 0. The first-order chi connectivity index (χ1) is 10.6. The molecule has 0 radical (unpaired) electrons. The minimum absolute atomic E-state index is 0.321. The standard InChI is InChI=1S/C16H28N4OS/c1-13-5-3-4-6-20(13)15(21)12-18-7-9-19(10-8-18)16-17-11-14(2)22-16/h13-14H,3-12H2,1-2H3/t13-,14-/m1/s1. The highest BCUT2D eigenvalue weighted by Crippen LogP contribution is 2.23. The Balaban J connectivity index is 1.44. The zero-order valence-corrected chi connectivity index (χ0v) is 14.6. The van der Waals surface area contributed by atoms with Crippen molar-refractivity contribution in [3.63, 3.8) is 0 Å². The van der Waals surface area contributed by atoms with Crippen molar-refractivity contribution < 1.29 is 4.79 Å². The van der Waals surface area contributed by atoms with Crippen molar-refractivity contribution in [2.45, 2.75) is 44.4 Å². The summed E-state index contributed by atoms with van der Waals surface area (Å²) in [5.74, 6) is 0.321. The van der Waals surface area contributed by atoms with Gasteiger partial charge in [0.25, 0.3) is 0 Å². The molecule has 0 saturated carbocycles. The van der Waals surface area contributed by atoms with Gasteiger partial charge in [-0.3, -0.25) is 14.7 Å². The van der Waals surface area contributed by atoms with Crippen LogP contribution in [0.2, 0.25) is 0 Å². The van der Waals surface area contributed by atoms with Gasteiger partial charge in [-0.05, 0) is 26.2 Å². The second-order valence-electron chi connectivity index (χ2n) is 6.75. The Morgan fingerprint density at radius 1 is 1.18 bits per heavy atom. The summed E-state index contributed by atoms with van der Waals surface area (Å²) in [6, 6.07) is 0.424. The van der Waals surface area contributed by atoms with Crippen molar-refractivity contribution in [1.29, 1.82) is 0 Å². The molecule has 0 unspecified atom stereocenters. The van der Waals surface area contributed by atoms with Crippen molar-refractivity contribution in [3.8, 4) is 0 Å². The molecule has 0 bridgehead atoms. The number of piperazine rings is 1. The number of piperidine rings is 1. The molecule has 0 aromatic rings. The van der Waals surface area contributed by atoms with Gasteiger partial charge < -0.3 is 9.80 Å². The Labute approximate surface area is 138 Å². The van der Waals surface area contributed by atoms with Crippen molar-refractivity contribution in [1.82, 2.24) is 14.7 Å². The van der Waals surface area contributed by atoms with Gasteiger partial charge in [0.15, 0.2) is 5.17 Å². The van der Waals surface area contributed by atoms with Crippen LogP contribution < -0.4 is 0 Å². The number of nitrogens with zero attached hydrogens (tertiary/aromatic N) is 4. The summed E-state index contributed by atoms with van der Waals surface area (Å²) in [5, 5.41) is 1.83. The predicted octanol–water partition coefficient (Wildman–Crippen LogP) is 1.50. The largest absolute Gasteiger partial charge is 0.349 e. The molecule has 5 nitrogen and oxygen atoms in total. The van der Waals surface area contributed by atoms with Crippen LogP contribution in [0.25, 0.3) is 0 Å². The molecule has 0 aliphatic carbocycles. The van der Waals surface area contributed by atoms with Crippen molar-refractivity contribution in [2.75, 3.05) is 45.8 Å². The zero-order chi connectivity index (χ0) is 15.5. The van der Waals surface area contributed by atoms with Crippen LogP contribution in [0.15, 0.2) is 4.99 Å². The molecular formula is C16H28N4OS. The van der Waals surface area contributed by atoms with Crippen LogP contribution in [0.5, 0.6) is 0 Å². The first kappa shape index (κ1) is 16.1. The third-order valence-corrected chi connectivity index (χ3v) is 6.06. The lowest BCUT2D eigenvalue weighted by Crippen LogP contribution is -2.52. The minimum Gasteiger partial charge on any atom is -0.349 e. The number of carbonyl (C=O) groups is 1. The molecule has 2 fully saturated rings. The quantitative estimate of drug-likeness (QED) is 0.772. The molecule has 0 aromatic heterocycles.